The van der Waals surface area contributed by atoms with Gasteiger partial charge in [-0.3, -0.25) is 19.3 Å². The van der Waals surface area contributed by atoms with Crippen LogP contribution in [0.2, 0.25) is 0 Å². The van der Waals surface area contributed by atoms with E-state index >= 15 is 0 Å². The normalized spacial score (nSPS) is 40.3. The molecule has 6 aliphatic rings. The molecule has 0 aromatic carbocycles. The molecule has 0 aromatic rings. The lowest BCUT2D eigenvalue weighted by atomic mass is 9.63. The second-order valence-electron chi connectivity index (χ2n) is 9.26. The first kappa shape index (κ1) is 17.4. The molecular weight excluding hydrogens is 340 g/mol. The number of hydrogen-bond donors (Lipinski definition) is 0. The van der Waals surface area contributed by atoms with Crippen molar-refractivity contribution < 1.29 is 14.4 Å². The fourth-order valence-corrected chi connectivity index (χ4v) is 6.64. The smallest absolute Gasteiger partial charge is 0.233 e. The highest BCUT2D eigenvalue weighted by Crippen LogP contribution is 2.49. The van der Waals surface area contributed by atoms with E-state index in [0.717, 1.165) is 32.2 Å². The highest BCUT2D eigenvalue weighted by molar-refractivity contribution is 6.06. The fourth-order valence-electron chi connectivity index (χ4n) is 6.64. The Morgan fingerprint density at radius 2 is 1.52 bits per heavy atom. The molecule has 6 atom stereocenters. The molecule has 2 bridgehead atoms. The summed E-state index contributed by atoms with van der Waals surface area (Å²) in [6, 6.07) is 0.396. The standard InChI is InChI=1S/C22H30N2O3/c25-18(23-12-3-5-14-4-1-2-6-17(14)23)11-13-24-21(26)19-15-7-8-16(10-9-15)20(19)22(24)27/h7-8,14-17,19-20H,1-6,9-13H2/t14?,15?,16?,17?,19-,20+. The van der Waals surface area contributed by atoms with E-state index < -0.39 is 0 Å². The number of carbonyl (C=O) groups excluding carboxylic acids is 3. The maximum absolute atomic E-state index is 12.9. The van der Waals surface area contributed by atoms with Crippen LogP contribution in [-0.2, 0) is 14.4 Å². The van der Waals surface area contributed by atoms with Crippen LogP contribution in [0, 0.1) is 29.6 Å². The highest BCUT2D eigenvalue weighted by Gasteiger charge is 2.56. The number of nitrogens with zero attached hydrogens (tertiary/aromatic N) is 2. The van der Waals surface area contributed by atoms with E-state index in [2.05, 4.69) is 17.1 Å². The number of fused-ring (bicyclic) bond motifs is 2. The first-order chi connectivity index (χ1) is 13.1. The summed E-state index contributed by atoms with van der Waals surface area (Å²) in [5.41, 5.74) is 0. The minimum Gasteiger partial charge on any atom is -0.339 e. The zero-order valence-corrected chi connectivity index (χ0v) is 16.0. The van der Waals surface area contributed by atoms with Crippen molar-refractivity contribution in [2.75, 3.05) is 13.1 Å². The minimum absolute atomic E-state index is 0.0222. The highest BCUT2D eigenvalue weighted by atomic mass is 16.2. The summed E-state index contributed by atoms with van der Waals surface area (Å²) in [5.74, 6) is 0.893. The molecule has 2 saturated heterocycles. The average molecular weight is 370 g/mol. The number of amides is 3. The van der Waals surface area contributed by atoms with Crippen molar-refractivity contribution in [3.8, 4) is 0 Å². The van der Waals surface area contributed by atoms with Gasteiger partial charge in [0.05, 0.1) is 11.8 Å². The van der Waals surface area contributed by atoms with Crippen LogP contribution in [0.4, 0.5) is 0 Å². The lowest BCUT2D eigenvalue weighted by molar-refractivity contribution is -0.142. The second-order valence-corrected chi connectivity index (χ2v) is 9.26. The van der Waals surface area contributed by atoms with Gasteiger partial charge in [-0.2, -0.15) is 0 Å². The predicted octanol–water partition coefficient (Wildman–Crippen LogP) is 2.75. The van der Waals surface area contributed by atoms with E-state index in [0.29, 0.717) is 18.4 Å². The van der Waals surface area contributed by atoms with E-state index in [4.69, 9.17) is 0 Å². The topological polar surface area (TPSA) is 57.7 Å². The Balaban J connectivity index is 1.24. The molecule has 146 valence electrons. The van der Waals surface area contributed by atoms with Crippen molar-refractivity contribution in [2.45, 2.75) is 63.8 Å². The van der Waals surface area contributed by atoms with Gasteiger partial charge in [-0.1, -0.05) is 25.0 Å². The van der Waals surface area contributed by atoms with Crippen molar-refractivity contribution in [2.24, 2.45) is 29.6 Å². The zero-order chi connectivity index (χ0) is 18.5. The van der Waals surface area contributed by atoms with Crippen LogP contribution in [0.15, 0.2) is 12.2 Å². The average Bonchev–Trinajstić information content (AvgIpc) is 2.99. The van der Waals surface area contributed by atoms with Gasteiger partial charge >= 0.3 is 0 Å². The Morgan fingerprint density at radius 1 is 0.889 bits per heavy atom. The van der Waals surface area contributed by atoms with Crippen LogP contribution in [0.25, 0.3) is 0 Å². The first-order valence-corrected chi connectivity index (χ1v) is 11.0. The Hall–Kier alpha value is -1.65. The molecule has 0 radical (unpaired) electrons. The van der Waals surface area contributed by atoms with Crippen LogP contribution in [0.5, 0.6) is 0 Å². The summed E-state index contributed by atoms with van der Waals surface area (Å²) >= 11 is 0. The molecule has 5 nitrogen and oxygen atoms in total. The lowest BCUT2D eigenvalue weighted by Gasteiger charge is -2.44. The monoisotopic (exact) mass is 370 g/mol. The maximum atomic E-state index is 12.9. The molecule has 4 fully saturated rings. The summed E-state index contributed by atoms with van der Waals surface area (Å²) in [4.78, 5) is 42.3. The van der Waals surface area contributed by atoms with Crippen LogP contribution in [0.3, 0.4) is 0 Å². The molecule has 4 unspecified atom stereocenters. The third-order valence-corrected chi connectivity index (χ3v) is 7.96. The van der Waals surface area contributed by atoms with E-state index in [-0.39, 0.29) is 47.9 Å². The number of hydrogen-bond acceptors (Lipinski definition) is 3. The molecule has 5 heteroatoms. The molecule has 0 N–H and O–H groups in total. The van der Waals surface area contributed by atoms with Gasteiger partial charge in [0.1, 0.15) is 0 Å². The number of rotatable bonds is 3. The number of carbonyl (C=O) groups is 3. The third kappa shape index (κ3) is 2.76. The largest absolute Gasteiger partial charge is 0.339 e. The second kappa shape index (κ2) is 6.75. The molecule has 0 aromatic heterocycles. The van der Waals surface area contributed by atoms with E-state index in [1.165, 1.54) is 30.6 Å². The van der Waals surface area contributed by atoms with Gasteiger partial charge in [0, 0.05) is 25.6 Å². The van der Waals surface area contributed by atoms with Gasteiger partial charge < -0.3 is 4.90 Å². The fraction of sp³-hybridized carbons (Fsp3) is 0.773. The zero-order valence-electron chi connectivity index (χ0n) is 16.0. The molecular formula is C22H30N2O3. The Kier molecular flexibility index (Phi) is 4.36. The van der Waals surface area contributed by atoms with Gasteiger partial charge in [-0.05, 0) is 56.3 Å². The molecule has 2 saturated carbocycles. The Bertz CT molecular complexity index is 653. The summed E-state index contributed by atoms with van der Waals surface area (Å²) in [6.45, 7) is 1.12. The van der Waals surface area contributed by atoms with Crippen LogP contribution < -0.4 is 0 Å². The van der Waals surface area contributed by atoms with E-state index in [1.807, 2.05) is 0 Å². The Morgan fingerprint density at radius 3 is 2.19 bits per heavy atom. The number of piperidine rings is 1. The number of allylic oxidation sites excluding steroid dienone is 2. The Labute approximate surface area is 161 Å². The molecule has 3 amide bonds. The van der Waals surface area contributed by atoms with Crippen LogP contribution in [-0.4, -0.2) is 46.7 Å². The van der Waals surface area contributed by atoms with Gasteiger partial charge in [0.15, 0.2) is 0 Å². The van der Waals surface area contributed by atoms with Gasteiger partial charge in [0.2, 0.25) is 17.7 Å². The minimum atomic E-state index is -0.158. The summed E-state index contributed by atoms with van der Waals surface area (Å²) in [7, 11) is 0. The van der Waals surface area contributed by atoms with Crippen molar-refractivity contribution in [1.29, 1.82) is 0 Å². The lowest BCUT2D eigenvalue weighted by Crippen LogP contribution is -2.50. The van der Waals surface area contributed by atoms with E-state index in [9.17, 15) is 14.4 Å². The molecule has 2 heterocycles. The van der Waals surface area contributed by atoms with Crippen molar-refractivity contribution in [3.05, 3.63) is 12.2 Å². The van der Waals surface area contributed by atoms with Gasteiger partial charge in [-0.25, -0.2) is 0 Å². The molecule has 4 aliphatic carbocycles. The van der Waals surface area contributed by atoms with Gasteiger partial charge in [0.25, 0.3) is 0 Å². The SMILES string of the molecule is O=C1[C@@H]2C3C=CC(CC3)[C@@H]2C(=O)N1CCC(=O)N1CCCC2CCCCC21. The number of likely N-dealkylation sites (tertiary alicyclic amines) is 2. The summed E-state index contributed by atoms with van der Waals surface area (Å²) in [6.07, 6.45) is 13.8. The number of imide groups is 1. The van der Waals surface area contributed by atoms with E-state index in [1.54, 1.807) is 0 Å². The summed E-state index contributed by atoms with van der Waals surface area (Å²) in [5, 5.41) is 0. The molecule has 2 aliphatic heterocycles. The van der Waals surface area contributed by atoms with Crippen LogP contribution in [0.1, 0.15) is 57.8 Å². The quantitative estimate of drug-likeness (QED) is 0.567. The van der Waals surface area contributed by atoms with Crippen molar-refractivity contribution in [3.63, 3.8) is 0 Å². The van der Waals surface area contributed by atoms with Crippen molar-refractivity contribution in [1.82, 2.24) is 9.80 Å². The molecule has 6 rings (SSSR count). The van der Waals surface area contributed by atoms with Crippen molar-refractivity contribution >= 4 is 17.7 Å². The van der Waals surface area contributed by atoms with Crippen LogP contribution >= 0.6 is 0 Å². The predicted molar refractivity (Wildman–Crippen MR) is 100 cm³/mol. The van der Waals surface area contributed by atoms with Gasteiger partial charge in [-0.15, -0.1) is 0 Å². The third-order valence-electron chi connectivity index (χ3n) is 7.96. The first-order valence-electron chi connectivity index (χ1n) is 11.0. The molecule has 0 spiro atoms. The molecule has 27 heavy (non-hydrogen) atoms. The summed E-state index contributed by atoms with van der Waals surface area (Å²) < 4.78 is 0. The maximum Gasteiger partial charge on any atom is 0.233 e.